The smallest absolute Gasteiger partial charge is 0.193 e. The van der Waals surface area contributed by atoms with Gasteiger partial charge in [-0.05, 0) is 44.1 Å². The number of rotatable bonds is 5. The molecular weight excluding hydrogens is 425 g/mol. The third kappa shape index (κ3) is 5.84. The van der Waals surface area contributed by atoms with Crippen molar-refractivity contribution in [2.24, 2.45) is 16.8 Å². The first-order valence-electron chi connectivity index (χ1n) is 9.51. The van der Waals surface area contributed by atoms with E-state index < -0.39 is 0 Å². The average Bonchev–Trinajstić information content (AvgIpc) is 3.22. The Hall–Kier alpha value is -0.820. The molecule has 0 spiro atoms. The first-order valence-corrected chi connectivity index (χ1v) is 9.51. The van der Waals surface area contributed by atoms with E-state index in [0.29, 0.717) is 11.8 Å². The molecule has 0 amide bonds. The Labute approximate surface area is 169 Å². The lowest BCUT2D eigenvalue weighted by Crippen LogP contribution is -2.40. The highest BCUT2D eigenvalue weighted by Crippen LogP contribution is 2.26. The second kappa shape index (κ2) is 10.4. The molecule has 2 aliphatic rings. The highest BCUT2D eigenvalue weighted by molar-refractivity contribution is 14.0. The summed E-state index contributed by atoms with van der Waals surface area (Å²) in [7, 11) is 0. The van der Waals surface area contributed by atoms with Gasteiger partial charge in [0.15, 0.2) is 5.96 Å². The van der Waals surface area contributed by atoms with Gasteiger partial charge in [-0.25, -0.2) is 0 Å². The maximum Gasteiger partial charge on any atom is 0.193 e. The fraction of sp³-hybridized carbons (Fsp3) is 0.650. The lowest BCUT2D eigenvalue weighted by Gasteiger charge is -2.23. The van der Waals surface area contributed by atoms with Gasteiger partial charge >= 0.3 is 0 Å². The molecule has 1 aromatic rings. The molecule has 3 rings (SSSR count). The fourth-order valence-electron chi connectivity index (χ4n) is 4.00. The summed E-state index contributed by atoms with van der Waals surface area (Å²) in [6.45, 7) is 5.93. The Bertz CT molecular complexity index is 537. The molecule has 1 aliphatic heterocycles. The quantitative estimate of drug-likeness (QED) is 0.405. The number of nitrogens with one attached hydrogen (secondary N) is 1. The Morgan fingerprint density at radius 3 is 2.72 bits per heavy atom. The maximum absolute atomic E-state index is 10.00. The molecule has 2 fully saturated rings. The van der Waals surface area contributed by atoms with Crippen molar-refractivity contribution >= 4 is 29.9 Å². The number of aliphatic imine (C=N–C) groups is 1. The molecule has 25 heavy (non-hydrogen) atoms. The van der Waals surface area contributed by atoms with Gasteiger partial charge in [-0.1, -0.05) is 36.8 Å². The van der Waals surface area contributed by atoms with Crippen molar-refractivity contribution in [3.8, 4) is 0 Å². The molecule has 4 nitrogen and oxygen atoms in total. The van der Waals surface area contributed by atoms with E-state index >= 15 is 0 Å². The van der Waals surface area contributed by atoms with Crippen molar-refractivity contribution in [3.05, 3.63) is 35.9 Å². The van der Waals surface area contributed by atoms with Crippen LogP contribution >= 0.6 is 24.0 Å². The largest absolute Gasteiger partial charge is 0.393 e. The first kappa shape index (κ1) is 20.5. The van der Waals surface area contributed by atoms with E-state index in [1.165, 1.54) is 12.0 Å². The Balaban J connectivity index is 0.00000225. The monoisotopic (exact) mass is 457 g/mol. The van der Waals surface area contributed by atoms with Crippen LogP contribution in [-0.2, 0) is 6.42 Å². The number of hydrogen-bond donors (Lipinski definition) is 2. The molecule has 3 atom stereocenters. The second-order valence-corrected chi connectivity index (χ2v) is 7.24. The van der Waals surface area contributed by atoms with Crippen molar-refractivity contribution < 1.29 is 5.11 Å². The van der Waals surface area contributed by atoms with Gasteiger partial charge in [-0.15, -0.1) is 24.0 Å². The second-order valence-electron chi connectivity index (χ2n) is 7.24. The van der Waals surface area contributed by atoms with Crippen LogP contribution in [0.3, 0.4) is 0 Å². The standard InChI is InChI=1S/C20H31N3O.HI/c1-2-21-20(22-14-18-9-6-10-19(18)24)23-12-11-17(15-23)13-16-7-4-3-5-8-16;/h3-5,7-8,17-19,24H,2,6,9-15H2,1H3,(H,21,22);1H. The van der Waals surface area contributed by atoms with Crippen LogP contribution in [0, 0.1) is 11.8 Å². The Kier molecular flexibility index (Phi) is 8.49. The van der Waals surface area contributed by atoms with Crippen LogP contribution in [0.1, 0.15) is 38.2 Å². The third-order valence-corrected chi connectivity index (χ3v) is 5.38. The van der Waals surface area contributed by atoms with E-state index in [2.05, 4.69) is 47.5 Å². The lowest BCUT2D eigenvalue weighted by atomic mass is 9.99. The molecule has 0 radical (unpaired) electrons. The number of hydrogen-bond acceptors (Lipinski definition) is 2. The zero-order valence-electron chi connectivity index (χ0n) is 15.2. The number of likely N-dealkylation sites (tertiary alicyclic amines) is 1. The normalized spacial score (nSPS) is 26.6. The summed E-state index contributed by atoms with van der Waals surface area (Å²) in [6.07, 6.45) is 5.42. The summed E-state index contributed by atoms with van der Waals surface area (Å²) in [5.74, 6) is 2.09. The highest BCUT2D eigenvalue weighted by atomic mass is 127. The predicted molar refractivity (Wildman–Crippen MR) is 115 cm³/mol. The van der Waals surface area contributed by atoms with Gasteiger partial charge in [-0.3, -0.25) is 4.99 Å². The molecule has 0 bridgehead atoms. The van der Waals surface area contributed by atoms with E-state index in [4.69, 9.17) is 4.99 Å². The topological polar surface area (TPSA) is 47.9 Å². The van der Waals surface area contributed by atoms with E-state index in [1.54, 1.807) is 0 Å². The highest BCUT2D eigenvalue weighted by Gasteiger charge is 2.27. The zero-order chi connectivity index (χ0) is 16.8. The minimum atomic E-state index is -0.152. The maximum atomic E-state index is 10.00. The molecule has 0 aromatic heterocycles. The van der Waals surface area contributed by atoms with Crippen molar-refractivity contribution in [2.75, 3.05) is 26.2 Å². The molecule has 1 aliphatic carbocycles. The van der Waals surface area contributed by atoms with Crippen LogP contribution in [-0.4, -0.2) is 48.2 Å². The molecular formula is C20H32IN3O. The van der Waals surface area contributed by atoms with Crippen LogP contribution in [0.15, 0.2) is 35.3 Å². The molecule has 1 saturated heterocycles. The van der Waals surface area contributed by atoms with Crippen molar-refractivity contribution in [1.82, 2.24) is 10.2 Å². The summed E-state index contributed by atoms with van der Waals surface area (Å²) in [4.78, 5) is 7.24. The minimum Gasteiger partial charge on any atom is -0.393 e. The molecule has 1 aromatic carbocycles. The van der Waals surface area contributed by atoms with Crippen molar-refractivity contribution in [3.63, 3.8) is 0 Å². The number of nitrogens with zero attached hydrogens (tertiary/aromatic N) is 2. The Morgan fingerprint density at radius 2 is 2.04 bits per heavy atom. The van der Waals surface area contributed by atoms with Gasteiger partial charge in [0, 0.05) is 32.1 Å². The van der Waals surface area contributed by atoms with Gasteiger partial charge in [0.25, 0.3) is 0 Å². The van der Waals surface area contributed by atoms with Crippen LogP contribution in [0.4, 0.5) is 0 Å². The zero-order valence-corrected chi connectivity index (χ0v) is 17.6. The van der Waals surface area contributed by atoms with Crippen LogP contribution in [0.2, 0.25) is 0 Å². The Morgan fingerprint density at radius 1 is 1.24 bits per heavy atom. The minimum absolute atomic E-state index is 0. The lowest BCUT2D eigenvalue weighted by molar-refractivity contribution is 0.136. The van der Waals surface area contributed by atoms with Gasteiger partial charge < -0.3 is 15.3 Å². The first-order chi connectivity index (χ1) is 11.8. The predicted octanol–water partition coefficient (Wildman–Crippen LogP) is 3.30. The van der Waals surface area contributed by atoms with Gasteiger partial charge in [-0.2, -0.15) is 0 Å². The number of benzene rings is 1. The van der Waals surface area contributed by atoms with Gasteiger partial charge in [0.2, 0.25) is 0 Å². The molecule has 5 heteroatoms. The fourth-order valence-corrected chi connectivity index (χ4v) is 4.00. The van der Waals surface area contributed by atoms with Gasteiger partial charge in [0.1, 0.15) is 0 Å². The SMILES string of the molecule is CCNC(=NCC1CCCC1O)N1CCC(Cc2ccccc2)C1.I. The molecule has 2 N–H and O–H groups in total. The van der Waals surface area contributed by atoms with E-state index in [-0.39, 0.29) is 30.1 Å². The number of halogens is 1. The molecule has 1 heterocycles. The summed E-state index contributed by atoms with van der Waals surface area (Å²) >= 11 is 0. The third-order valence-electron chi connectivity index (χ3n) is 5.38. The molecule has 1 saturated carbocycles. The number of guanidine groups is 1. The van der Waals surface area contributed by atoms with Crippen LogP contribution < -0.4 is 5.32 Å². The van der Waals surface area contributed by atoms with E-state index in [0.717, 1.165) is 57.8 Å². The molecule has 3 unspecified atom stereocenters. The number of aliphatic hydroxyl groups is 1. The van der Waals surface area contributed by atoms with Gasteiger partial charge in [0.05, 0.1) is 6.10 Å². The summed E-state index contributed by atoms with van der Waals surface area (Å²) in [5, 5.41) is 13.4. The van der Waals surface area contributed by atoms with E-state index in [1.807, 2.05) is 0 Å². The van der Waals surface area contributed by atoms with Crippen LogP contribution in [0.5, 0.6) is 0 Å². The van der Waals surface area contributed by atoms with Crippen molar-refractivity contribution in [1.29, 1.82) is 0 Å². The summed E-state index contributed by atoms with van der Waals surface area (Å²) in [6, 6.07) is 10.8. The van der Waals surface area contributed by atoms with Crippen LogP contribution in [0.25, 0.3) is 0 Å². The summed E-state index contributed by atoms with van der Waals surface area (Å²) in [5.41, 5.74) is 1.43. The van der Waals surface area contributed by atoms with Crippen molar-refractivity contribution in [2.45, 2.75) is 45.1 Å². The van der Waals surface area contributed by atoms with E-state index in [9.17, 15) is 5.11 Å². The molecule has 140 valence electrons. The summed E-state index contributed by atoms with van der Waals surface area (Å²) < 4.78 is 0. The number of aliphatic hydroxyl groups excluding tert-OH is 1. The average molecular weight is 457 g/mol.